The zero-order chi connectivity index (χ0) is 17.1. The summed E-state index contributed by atoms with van der Waals surface area (Å²) in [7, 11) is 0. The van der Waals surface area contributed by atoms with Gasteiger partial charge in [0.05, 0.1) is 0 Å². The molecule has 4 nitrogen and oxygen atoms in total. The molecule has 0 aromatic carbocycles. The molecule has 1 N–H and O–H groups in total. The van der Waals surface area contributed by atoms with Crippen molar-refractivity contribution in [1.82, 2.24) is 15.2 Å². The fourth-order valence-electron chi connectivity index (χ4n) is 4.14. The number of carbonyl (C=O) groups excluding carboxylic acids is 1. The first-order chi connectivity index (χ1) is 12.3. The molecule has 5 heterocycles. The van der Waals surface area contributed by atoms with E-state index in [0.29, 0.717) is 12.0 Å². The number of nitrogens with one attached hydrogen (secondary N) is 1. The quantitative estimate of drug-likeness (QED) is 0.841. The van der Waals surface area contributed by atoms with Crippen molar-refractivity contribution in [2.45, 2.75) is 31.3 Å². The van der Waals surface area contributed by atoms with Gasteiger partial charge in [-0.25, -0.2) is 0 Å². The smallest absolute Gasteiger partial charge is 0.244 e. The normalized spacial score (nSPS) is 28.3. The second-order valence-corrected chi connectivity index (χ2v) is 7.87. The van der Waals surface area contributed by atoms with Gasteiger partial charge >= 0.3 is 0 Å². The van der Waals surface area contributed by atoms with Crippen LogP contribution in [0, 0.1) is 5.92 Å². The minimum atomic E-state index is 0.0170. The maximum Gasteiger partial charge on any atom is 0.244 e. The highest BCUT2D eigenvalue weighted by Gasteiger charge is 2.42. The Morgan fingerprint density at radius 3 is 2.92 bits per heavy atom. The summed E-state index contributed by atoms with van der Waals surface area (Å²) in [5, 5.41) is 5.32. The lowest BCUT2D eigenvalue weighted by Crippen LogP contribution is -2.64. The van der Waals surface area contributed by atoms with Gasteiger partial charge < -0.3 is 5.32 Å². The maximum absolute atomic E-state index is 12.5. The first kappa shape index (κ1) is 16.5. The number of thiophene rings is 1. The molecule has 0 aliphatic carbocycles. The molecule has 0 saturated carbocycles. The molecule has 5 heteroatoms. The number of hydrogen-bond donors (Lipinski definition) is 1. The molecule has 5 rings (SSSR count). The molecule has 1 amide bonds. The van der Waals surface area contributed by atoms with Crippen LogP contribution >= 0.6 is 11.3 Å². The molecule has 2 bridgehead atoms. The van der Waals surface area contributed by atoms with Gasteiger partial charge in [0.25, 0.3) is 0 Å². The lowest BCUT2D eigenvalue weighted by Gasteiger charge is -2.51. The molecule has 2 atom stereocenters. The Balaban J connectivity index is 1.46. The van der Waals surface area contributed by atoms with Crippen LogP contribution in [0.25, 0.3) is 6.08 Å². The summed E-state index contributed by atoms with van der Waals surface area (Å²) in [4.78, 5) is 20.3. The van der Waals surface area contributed by atoms with Crippen LogP contribution in [0.5, 0.6) is 0 Å². The molecule has 3 aliphatic heterocycles. The fourth-order valence-corrected chi connectivity index (χ4v) is 4.76. The molecule has 0 radical (unpaired) electrons. The van der Waals surface area contributed by atoms with Gasteiger partial charge in [0.1, 0.15) is 0 Å². The van der Waals surface area contributed by atoms with E-state index in [4.69, 9.17) is 0 Å². The Morgan fingerprint density at radius 1 is 1.32 bits per heavy atom. The molecular formula is C20H23N3OS. The van der Waals surface area contributed by atoms with Crippen molar-refractivity contribution in [3.63, 3.8) is 0 Å². The van der Waals surface area contributed by atoms with Gasteiger partial charge in [0.2, 0.25) is 5.91 Å². The van der Waals surface area contributed by atoms with E-state index in [-0.39, 0.29) is 11.9 Å². The summed E-state index contributed by atoms with van der Waals surface area (Å²) in [6.45, 7) is 2.29. The van der Waals surface area contributed by atoms with Crippen LogP contribution in [0.15, 0.2) is 48.1 Å². The number of amides is 1. The molecular weight excluding hydrogens is 330 g/mol. The summed E-state index contributed by atoms with van der Waals surface area (Å²) >= 11 is 1.64. The van der Waals surface area contributed by atoms with Crippen LogP contribution in [0.3, 0.4) is 0 Å². The van der Waals surface area contributed by atoms with Gasteiger partial charge in [-0.05, 0) is 67.4 Å². The molecule has 3 aliphatic rings. The fraction of sp³-hybridized carbons (Fsp3) is 0.400. The van der Waals surface area contributed by atoms with Gasteiger partial charge in [-0.15, -0.1) is 11.3 Å². The number of hydrogen-bond acceptors (Lipinski definition) is 4. The van der Waals surface area contributed by atoms with Crippen molar-refractivity contribution >= 4 is 23.3 Å². The Hall–Kier alpha value is -1.98. The highest BCUT2D eigenvalue weighted by molar-refractivity contribution is 7.10. The summed E-state index contributed by atoms with van der Waals surface area (Å²) in [5.74, 6) is 0.606. The van der Waals surface area contributed by atoms with Crippen molar-refractivity contribution in [2.75, 3.05) is 13.1 Å². The van der Waals surface area contributed by atoms with Gasteiger partial charge in [0, 0.05) is 35.4 Å². The Bertz CT molecular complexity index is 721. The van der Waals surface area contributed by atoms with Crippen LogP contribution < -0.4 is 5.32 Å². The van der Waals surface area contributed by atoms with E-state index in [1.54, 1.807) is 17.4 Å². The molecule has 3 saturated heterocycles. The van der Waals surface area contributed by atoms with Gasteiger partial charge in [-0.2, -0.15) is 0 Å². The van der Waals surface area contributed by atoms with E-state index >= 15 is 0 Å². The summed E-state index contributed by atoms with van der Waals surface area (Å²) in [6, 6.07) is 8.74. The van der Waals surface area contributed by atoms with E-state index in [9.17, 15) is 4.79 Å². The van der Waals surface area contributed by atoms with Crippen LogP contribution in [-0.4, -0.2) is 41.0 Å². The van der Waals surface area contributed by atoms with E-state index in [1.165, 1.54) is 18.4 Å². The number of pyridine rings is 1. The summed E-state index contributed by atoms with van der Waals surface area (Å²) < 4.78 is 0. The highest BCUT2D eigenvalue weighted by atomic mass is 32.1. The number of rotatable bonds is 5. The van der Waals surface area contributed by atoms with Crippen LogP contribution in [0.1, 0.15) is 23.3 Å². The van der Waals surface area contributed by atoms with Crippen molar-refractivity contribution < 1.29 is 4.79 Å². The third-order valence-electron chi connectivity index (χ3n) is 5.38. The van der Waals surface area contributed by atoms with Crippen LogP contribution in [-0.2, 0) is 11.2 Å². The minimum absolute atomic E-state index is 0.0170. The topological polar surface area (TPSA) is 45.2 Å². The van der Waals surface area contributed by atoms with E-state index in [0.717, 1.165) is 24.4 Å². The monoisotopic (exact) mass is 353 g/mol. The molecule has 3 fully saturated rings. The number of nitrogens with zero attached hydrogens (tertiary/aromatic N) is 2. The van der Waals surface area contributed by atoms with Crippen molar-refractivity contribution in [3.05, 3.63) is 58.6 Å². The molecule has 2 aromatic heterocycles. The standard InChI is InChI=1S/C20H23N3OS/c24-19(6-5-17-4-2-12-25-17)22-20-16-7-10-23(11-8-16)18(20)13-15-3-1-9-21-14-15/h1-6,9,12,14,16,18,20H,7-8,10-11,13H2,(H,22,24). The number of carbonyl (C=O) groups is 1. The lowest BCUT2D eigenvalue weighted by molar-refractivity contribution is -0.119. The average molecular weight is 353 g/mol. The van der Waals surface area contributed by atoms with Crippen LogP contribution in [0.2, 0.25) is 0 Å². The molecule has 25 heavy (non-hydrogen) atoms. The van der Waals surface area contributed by atoms with Crippen LogP contribution in [0.4, 0.5) is 0 Å². The Kier molecular flexibility index (Phi) is 4.95. The number of piperidine rings is 3. The SMILES string of the molecule is O=C(C=Cc1cccs1)NC1C2CCN(CC2)C1Cc1cccnc1. The molecule has 0 spiro atoms. The maximum atomic E-state index is 12.5. The predicted octanol–water partition coefficient (Wildman–Crippen LogP) is 2.98. The van der Waals surface area contributed by atoms with Crippen molar-refractivity contribution in [3.8, 4) is 0 Å². The number of aromatic nitrogens is 1. The minimum Gasteiger partial charge on any atom is -0.348 e. The Morgan fingerprint density at radius 2 is 2.20 bits per heavy atom. The van der Waals surface area contributed by atoms with Gasteiger partial charge in [0.15, 0.2) is 0 Å². The second kappa shape index (κ2) is 7.50. The second-order valence-electron chi connectivity index (χ2n) is 6.89. The predicted molar refractivity (Wildman–Crippen MR) is 101 cm³/mol. The zero-order valence-electron chi connectivity index (χ0n) is 14.2. The molecule has 2 unspecified atom stereocenters. The first-order valence-corrected chi connectivity index (χ1v) is 9.82. The van der Waals surface area contributed by atoms with Crippen molar-refractivity contribution in [1.29, 1.82) is 0 Å². The van der Waals surface area contributed by atoms with Gasteiger partial charge in [-0.1, -0.05) is 12.1 Å². The zero-order valence-corrected chi connectivity index (χ0v) is 15.0. The number of fused-ring (bicyclic) bond motifs is 3. The summed E-state index contributed by atoms with van der Waals surface area (Å²) in [6.07, 6.45) is 10.6. The largest absolute Gasteiger partial charge is 0.348 e. The van der Waals surface area contributed by atoms with Crippen molar-refractivity contribution in [2.24, 2.45) is 5.92 Å². The van der Waals surface area contributed by atoms with E-state index < -0.39 is 0 Å². The summed E-state index contributed by atoms with van der Waals surface area (Å²) in [5.41, 5.74) is 1.24. The Labute approximate surface area is 152 Å². The highest BCUT2D eigenvalue weighted by Crippen LogP contribution is 2.34. The third-order valence-corrected chi connectivity index (χ3v) is 6.22. The van der Waals surface area contributed by atoms with E-state index in [1.807, 2.05) is 42.0 Å². The third kappa shape index (κ3) is 3.83. The lowest BCUT2D eigenvalue weighted by atomic mass is 9.77. The molecule has 130 valence electrons. The molecule has 2 aromatic rings. The van der Waals surface area contributed by atoms with E-state index in [2.05, 4.69) is 21.3 Å². The average Bonchev–Trinajstić information content (AvgIpc) is 3.17. The van der Waals surface area contributed by atoms with Gasteiger partial charge in [-0.3, -0.25) is 14.7 Å². The first-order valence-electron chi connectivity index (χ1n) is 8.94.